The summed E-state index contributed by atoms with van der Waals surface area (Å²) in [7, 11) is 1.67. The topological polar surface area (TPSA) is 53.5 Å². The molecule has 1 aliphatic heterocycles. The number of nitrogens with zero attached hydrogens (tertiary/aromatic N) is 4. The van der Waals surface area contributed by atoms with Crippen LogP contribution < -0.4 is 15.0 Å². The molecule has 0 spiro atoms. The molecule has 0 bridgehead atoms. The Labute approximate surface area is 137 Å². The average molecular weight is 313 g/mol. The van der Waals surface area contributed by atoms with E-state index in [2.05, 4.69) is 32.0 Å². The second kappa shape index (κ2) is 7.28. The number of aromatic nitrogens is 2. The highest BCUT2D eigenvalue weighted by Gasteiger charge is 2.17. The minimum atomic E-state index is 0.775. The Hall–Kier alpha value is -2.34. The largest absolute Gasteiger partial charge is 0.495 e. The van der Waals surface area contributed by atoms with E-state index in [0.717, 1.165) is 55.8 Å². The lowest BCUT2D eigenvalue weighted by atomic mass is 10.3. The molecule has 6 heteroatoms. The molecular weight excluding hydrogens is 290 g/mol. The van der Waals surface area contributed by atoms with Crippen molar-refractivity contribution in [2.45, 2.75) is 6.92 Å². The van der Waals surface area contributed by atoms with Gasteiger partial charge in [-0.3, -0.25) is 0 Å². The maximum atomic E-state index is 5.37. The van der Waals surface area contributed by atoms with E-state index in [4.69, 9.17) is 4.74 Å². The van der Waals surface area contributed by atoms with Crippen molar-refractivity contribution in [2.24, 2.45) is 0 Å². The van der Waals surface area contributed by atoms with Gasteiger partial charge in [-0.15, -0.1) is 0 Å². The van der Waals surface area contributed by atoms with Gasteiger partial charge in [0.2, 0.25) is 0 Å². The SMILES string of the molecule is CCN1CCN(c2cc(Nc3ccccc3OC)ncn2)CC1. The number of anilines is 3. The Morgan fingerprint density at radius 2 is 1.91 bits per heavy atom. The van der Waals surface area contributed by atoms with E-state index >= 15 is 0 Å². The number of methoxy groups -OCH3 is 1. The van der Waals surface area contributed by atoms with Crippen molar-refractivity contribution in [3.05, 3.63) is 36.7 Å². The van der Waals surface area contributed by atoms with Crippen LogP contribution in [0.1, 0.15) is 6.92 Å². The third kappa shape index (κ3) is 3.71. The molecule has 3 rings (SSSR count). The number of piperazine rings is 1. The molecule has 0 amide bonds. The summed E-state index contributed by atoms with van der Waals surface area (Å²) < 4.78 is 5.37. The van der Waals surface area contributed by atoms with Crippen molar-refractivity contribution >= 4 is 17.3 Å². The summed E-state index contributed by atoms with van der Waals surface area (Å²) in [5.74, 6) is 2.54. The average Bonchev–Trinajstić information content (AvgIpc) is 2.62. The predicted molar refractivity (Wildman–Crippen MR) is 92.6 cm³/mol. The first-order valence-electron chi connectivity index (χ1n) is 7.99. The van der Waals surface area contributed by atoms with E-state index in [1.165, 1.54) is 0 Å². The van der Waals surface area contributed by atoms with Crippen molar-refractivity contribution in [2.75, 3.05) is 50.1 Å². The second-order valence-electron chi connectivity index (χ2n) is 5.51. The van der Waals surface area contributed by atoms with Gasteiger partial charge in [0.05, 0.1) is 12.8 Å². The number of ether oxygens (including phenoxy) is 1. The Bertz CT molecular complexity index is 640. The number of rotatable bonds is 5. The fraction of sp³-hybridized carbons (Fsp3) is 0.412. The van der Waals surface area contributed by atoms with Crippen LogP contribution in [0.15, 0.2) is 36.7 Å². The molecular formula is C17H23N5O. The molecule has 1 aromatic heterocycles. The summed E-state index contributed by atoms with van der Waals surface area (Å²) in [6, 6.07) is 9.81. The van der Waals surface area contributed by atoms with Gasteiger partial charge in [-0.05, 0) is 18.7 Å². The van der Waals surface area contributed by atoms with Gasteiger partial charge >= 0.3 is 0 Å². The standard InChI is InChI=1S/C17H23N5O/c1-3-21-8-10-22(11-9-21)17-12-16(18-13-19-17)20-14-6-4-5-7-15(14)23-2/h4-7,12-13H,3,8-11H2,1-2H3,(H,18,19,20). The smallest absolute Gasteiger partial charge is 0.142 e. The zero-order chi connectivity index (χ0) is 16.1. The van der Waals surface area contributed by atoms with Crippen LogP contribution >= 0.6 is 0 Å². The number of hydrogen-bond donors (Lipinski definition) is 1. The van der Waals surface area contributed by atoms with Crippen molar-refractivity contribution in [1.29, 1.82) is 0 Å². The quantitative estimate of drug-likeness (QED) is 0.914. The van der Waals surface area contributed by atoms with Crippen molar-refractivity contribution in [1.82, 2.24) is 14.9 Å². The molecule has 0 radical (unpaired) electrons. The molecule has 2 heterocycles. The van der Waals surface area contributed by atoms with E-state index < -0.39 is 0 Å². The van der Waals surface area contributed by atoms with Gasteiger partial charge in [-0.2, -0.15) is 0 Å². The first-order valence-corrected chi connectivity index (χ1v) is 7.99. The van der Waals surface area contributed by atoms with Gasteiger partial charge in [0.25, 0.3) is 0 Å². The molecule has 23 heavy (non-hydrogen) atoms. The third-order valence-corrected chi connectivity index (χ3v) is 4.17. The van der Waals surface area contributed by atoms with E-state index in [9.17, 15) is 0 Å². The molecule has 122 valence electrons. The summed E-state index contributed by atoms with van der Waals surface area (Å²) in [4.78, 5) is 13.5. The number of likely N-dealkylation sites (N-methyl/N-ethyl adjacent to an activating group) is 1. The molecule has 1 fully saturated rings. The maximum Gasteiger partial charge on any atom is 0.142 e. The number of nitrogens with one attached hydrogen (secondary N) is 1. The summed E-state index contributed by atoms with van der Waals surface area (Å²) in [5, 5.41) is 3.31. The summed E-state index contributed by atoms with van der Waals surface area (Å²) in [6.45, 7) is 7.47. The number of para-hydroxylation sites is 2. The molecule has 0 aliphatic carbocycles. The lowest BCUT2D eigenvalue weighted by Gasteiger charge is -2.34. The van der Waals surface area contributed by atoms with Crippen LogP contribution in [0.3, 0.4) is 0 Å². The first kappa shape index (κ1) is 15.6. The van der Waals surface area contributed by atoms with Gasteiger partial charge in [0, 0.05) is 32.2 Å². The highest BCUT2D eigenvalue weighted by atomic mass is 16.5. The Balaban J connectivity index is 1.73. The van der Waals surface area contributed by atoms with Crippen LogP contribution in [-0.4, -0.2) is 54.7 Å². The minimum absolute atomic E-state index is 0.775. The molecule has 0 unspecified atom stereocenters. The Kier molecular flexibility index (Phi) is 4.92. The van der Waals surface area contributed by atoms with Gasteiger partial charge in [-0.25, -0.2) is 9.97 Å². The third-order valence-electron chi connectivity index (χ3n) is 4.17. The van der Waals surface area contributed by atoms with Crippen molar-refractivity contribution in [3.8, 4) is 5.75 Å². The van der Waals surface area contributed by atoms with Gasteiger partial charge < -0.3 is 19.9 Å². The van der Waals surface area contributed by atoms with Crippen LogP contribution in [0.5, 0.6) is 5.75 Å². The number of hydrogen-bond acceptors (Lipinski definition) is 6. The van der Waals surface area contributed by atoms with Crippen LogP contribution in [-0.2, 0) is 0 Å². The molecule has 1 aliphatic rings. The fourth-order valence-corrected chi connectivity index (χ4v) is 2.77. The first-order chi connectivity index (χ1) is 11.3. The van der Waals surface area contributed by atoms with Crippen LogP contribution in [0.25, 0.3) is 0 Å². The molecule has 6 nitrogen and oxygen atoms in total. The maximum absolute atomic E-state index is 5.37. The number of benzene rings is 1. The normalized spacial score (nSPS) is 15.5. The second-order valence-corrected chi connectivity index (χ2v) is 5.51. The van der Waals surface area contributed by atoms with Crippen LogP contribution in [0.2, 0.25) is 0 Å². The van der Waals surface area contributed by atoms with E-state index in [-0.39, 0.29) is 0 Å². The Morgan fingerprint density at radius 3 is 2.65 bits per heavy atom. The van der Waals surface area contributed by atoms with Gasteiger partial charge in [0.1, 0.15) is 23.7 Å². The summed E-state index contributed by atoms with van der Waals surface area (Å²) in [5.41, 5.74) is 0.899. The van der Waals surface area contributed by atoms with Gasteiger partial charge in [-0.1, -0.05) is 19.1 Å². The minimum Gasteiger partial charge on any atom is -0.495 e. The Morgan fingerprint density at radius 1 is 1.13 bits per heavy atom. The van der Waals surface area contributed by atoms with E-state index in [0.29, 0.717) is 0 Å². The lowest BCUT2D eigenvalue weighted by Crippen LogP contribution is -2.46. The van der Waals surface area contributed by atoms with Crippen molar-refractivity contribution < 1.29 is 4.74 Å². The highest BCUT2D eigenvalue weighted by molar-refractivity contribution is 5.65. The fourth-order valence-electron chi connectivity index (χ4n) is 2.77. The molecule has 1 saturated heterocycles. The molecule has 0 saturated carbocycles. The predicted octanol–water partition coefficient (Wildman–Crippen LogP) is 2.37. The highest BCUT2D eigenvalue weighted by Crippen LogP contribution is 2.27. The van der Waals surface area contributed by atoms with Crippen LogP contribution in [0, 0.1) is 0 Å². The summed E-state index contributed by atoms with van der Waals surface area (Å²) >= 11 is 0. The van der Waals surface area contributed by atoms with Crippen molar-refractivity contribution in [3.63, 3.8) is 0 Å². The molecule has 2 aromatic rings. The van der Waals surface area contributed by atoms with Gasteiger partial charge in [0.15, 0.2) is 0 Å². The monoisotopic (exact) mass is 313 g/mol. The van der Waals surface area contributed by atoms with E-state index in [1.807, 2.05) is 30.3 Å². The zero-order valence-electron chi connectivity index (χ0n) is 13.7. The molecule has 0 atom stereocenters. The molecule has 1 aromatic carbocycles. The zero-order valence-corrected chi connectivity index (χ0v) is 13.7. The van der Waals surface area contributed by atoms with E-state index in [1.54, 1.807) is 13.4 Å². The van der Waals surface area contributed by atoms with Crippen LogP contribution in [0.4, 0.5) is 17.3 Å². The summed E-state index contributed by atoms with van der Waals surface area (Å²) in [6.07, 6.45) is 1.61. The lowest BCUT2D eigenvalue weighted by molar-refractivity contribution is 0.270. The molecule has 1 N–H and O–H groups in total.